The number of aromatic nitrogens is 6. The molecule has 15 nitrogen and oxygen atoms in total. The zero-order valence-corrected chi connectivity index (χ0v) is 40.4. The molecule has 1 N–H and O–H groups in total. The summed E-state index contributed by atoms with van der Waals surface area (Å²) >= 11 is 2.79. The molecular weight excluding hydrogens is 895 g/mol. The van der Waals surface area contributed by atoms with E-state index in [0.29, 0.717) is 39.8 Å². The second-order valence-corrected chi connectivity index (χ2v) is 22.3. The molecule has 2 saturated heterocycles. The van der Waals surface area contributed by atoms with E-state index in [1.54, 1.807) is 4.57 Å². The van der Waals surface area contributed by atoms with Crippen molar-refractivity contribution in [3.8, 4) is 34.7 Å². The van der Waals surface area contributed by atoms with Gasteiger partial charge < -0.3 is 10.2 Å². The topological polar surface area (TPSA) is 202 Å². The van der Waals surface area contributed by atoms with Gasteiger partial charge in [-0.15, -0.1) is 0 Å². The summed E-state index contributed by atoms with van der Waals surface area (Å²) in [4.78, 5) is 45.9. The second-order valence-electron chi connectivity index (χ2n) is 18.7. The summed E-state index contributed by atoms with van der Waals surface area (Å²) in [6.07, 6.45) is 9.13. The predicted octanol–water partition coefficient (Wildman–Crippen LogP) is 6.11. The van der Waals surface area contributed by atoms with E-state index in [1.807, 2.05) is 53.7 Å². The normalized spacial score (nSPS) is 18.6. The van der Waals surface area contributed by atoms with Crippen molar-refractivity contribution < 1.29 is 21.4 Å². The molecule has 0 aliphatic carbocycles. The molecule has 0 spiro atoms. The zero-order valence-electron chi connectivity index (χ0n) is 37.9. The lowest BCUT2D eigenvalue weighted by Crippen LogP contribution is -2.38. The first-order chi connectivity index (χ1) is 30.7. The van der Waals surface area contributed by atoms with Crippen LogP contribution in [-0.4, -0.2) is 99.5 Å². The van der Waals surface area contributed by atoms with Crippen molar-refractivity contribution >= 4 is 33.6 Å². The first-order valence-corrected chi connectivity index (χ1v) is 25.4. The first kappa shape index (κ1) is 49.9. The minimum atomic E-state index is -3.59. The Labute approximate surface area is 387 Å². The summed E-state index contributed by atoms with van der Waals surface area (Å²) in [6.45, 7) is 17.5. The van der Waals surface area contributed by atoms with E-state index in [0.717, 1.165) is 31.6 Å². The number of nitrogens with one attached hydrogen (secondary N) is 1. The summed E-state index contributed by atoms with van der Waals surface area (Å²) in [7, 11) is -3.59. The standard InChI is InChI=1S/C22H26FN5OS.C19H21FN4O4S2.C4H9N/c1-22(2,3)19-17(23)8-15(10-25-19)18-16(9-24)20(29)28-12-14(13-30-21(28)26-18)11-27-6-4-5-7-27;1-19(2,3)16-14(20)5-12(7-22-16)15-13(6-21)17(25)24-8-11(9-28-30(4,26)27)10-29-18(24)23-15;1-2-4-5-3-1/h8,10,14H,4-7,11-13H2,1-3H3;5,7,11H,8-10H2,1-4H3;5H,1-4H2. The van der Waals surface area contributed by atoms with Crippen LogP contribution in [-0.2, 0) is 38.2 Å². The summed E-state index contributed by atoms with van der Waals surface area (Å²) < 4.78 is 59.5. The van der Waals surface area contributed by atoms with Crippen LogP contribution in [0.4, 0.5) is 8.78 Å². The van der Waals surface area contributed by atoms with Crippen molar-refractivity contribution in [3.63, 3.8) is 0 Å². The van der Waals surface area contributed by atoms with E-state index in [2.05, 4.69) is 30.2 Å². The Kier molecular flexibility index (Phi) is 16.1. The summed E-state index contributed by atoms with van der Waals surface area (Å²) in [5, 5.41) is 23.4. The van der Waals surface area contributed by atoms with Crippen LogP contribution in [0, 0.1) is 46.1 Å². The van der Waals surface area contributed by atoms with Crippen LogP contribution >= 0.6 is 23.5 Å². The lowest BCUT2D eigenvalue weighted by atomic mass is 9.90. The molecule has 65 heavy (non-hydrogen) atoms. The highest BCUT2D eigenvalue weighted by atomic mass is 32.2. The maximum absolute atomic E-state index is 14.7. The average molecular weight is 951 g/mol. The molecule has 348 valence electrons. The van der Waals surface area contributed by atoms with Crippen LogP contribution in [0.2, 0.25) is 0 Å². The number of likely N-dealkylation sites (tertiary alicyclic amines) is 1. The molecule has 8 rings (SSSR count). The first-order valence-electron chi connectivity index (χ1n) is 21.6. The Morgan fingerprint density at radius 2 is 1.22 bits per heavy atom. The van der Waals surface area contributed by atoms with E-state index >= 15 is 0 Å². The SMILES string of the molecule is C1CCNC1.CC(C)(C)c1ncc(-c2nc3n(c(=O)c2C#N)CC(CN2CCCC2)CS3)cc1F.CC(C)(C)c1ncc(-c2nc3n(c(=O)c2C#N)CC(COS(C)(=O)=O)CS3)cc1F. The van der Waals surface area contributed by atoms with E-state index in [9.17, 15) is 37.3 Å². The summed E-state index contributed by atoms with van der Waals surface area (Å²) in [5.74, 6) is 0.491. The lowest BCUT2D eigenvalue weighted by Gasteiger charge is -2.28. The van der Waals surface area contributed by atoms with Crippen LogP contribution in [0.15, 0.2) is 44.4 Å². The van der Waals surface area contributed by atoms with Crippen molar-refractivity contribution in [2.45, 2.75) is 101 Å². The number of fused-ring (bicyclic) bond motifs is 2. The quantitative estimate of drug-likeness (QED) is 0.164. The lowest BCUT2D eigenvalue weighted by molar-refractivity contribution is 0.245. The minimum Gasteiger partial charge on any atom is -0.317 e. The molecular formula is C45H56F2N10O5S3. The molecule has 4 aliphatic heterocycles. The average Bonchev–Trinajstić information content (AvgIpc) is 4.01. The minimum absolute atomic E-state index is 0.0501. The molecule has 8 heterocycles. The van der Waals surface area contributed by atoms with Gasteiger partial charge in [0.15, 0.2) is 10.3 Å². The molecule has 4 aromatic heterocycles. The van der Waals surface area contributed by atoms with Crippen molar-refractivity contribution in [3.05, 3.63) is 79.4 Å². The van der Waals surface area contributed by atoms with Gasteiger partial charge in [-0.1, -0.05) is 65.1 Å². The van der Waals surface area contributed by atoms with Gasteiger partial charge in [-0.3, -0.25) is 32.9 Å². The van der Waals surface area contributed by atoms with Gasteiger partial charge in [-0.25, -0.2) is 18.7 Å². The summed E-state index contributed by atoms with van der Waals surface area (Å²) in [6, 6.07) is 6.43. The molecule has 0 amide bonds. The molecule has 2 fully saturated rings. The maximum Gasteiger partial charge on any atom is 0.272 e. The molecule has 4 aliphatic rings. The van der Waals surface area contributed by atoms with E-state index < -0.39 is 38.1 Å². The maximum atomic E-state index is 14.7. The highest BCUT2D eigenvalue weighted by Crippen LogP contribution is 2.33. The third-order valence-corrected chi connectivity index (χ3v) is 14.1. The van der Waals surface area contributed by atoms with Crippen molar-refractivity contribution in [2.75, 3.05) is 57.1 Å². The van der Waals surface area contributed by atoms with Crippen molar-refractivity contribution in [2.24, 2.45) is 11.8 Å². The van der Waals surface area contributed by atoms with Crippen LogP contribution in [0.3, 0.4) is 0 Å². The van der Waals surface area contributed by atoms with Gasteiger partial charge in [0, 0.05) is 71.4 Å². The molecule has 2 atom stereocenters. The highest BCUT2D eigenvalue weighted by Gasteiger charge is 2.30. The van der Waals surface area contributed by atoms with Gasteiger partial charge in [0.05, 0.1) is 35.6 Å². The smallest absolute Gasteiger partial charge is 0.272 e. The third-order valence-electron chi connectivity index (χ3n) is 11.1. The molecule has 0 saturated carbocycles. The number of rotatable bonds is 7. The molecule has 0 aromatic carbocycles. The van der Waals surface area contributed by atoms with Crippen LogP contribution < -0.4 is 16.4 Å². The van der Waals surface area contributed by atoms with Crippen LogP contribution in [0.5, 0.6) is 0 Å². The molecule has 0 radical (unpaired) electrons. The number of thioether (sulfide) groups is 2. The monoisotopic (exact) mass is 950 g/mol. The van der Waals surface area contributed by atoms with Gasteiger partial charge in [0.2, 0.25) is 0 Å². The van der Waals surface area contributed by atoms with E-state index in [-0.39, 0.29) is 58.4 Å². The Bertz CT molecular complexity index is 2700. The molecule has 20 heteroatoms. The fraction of sp³-hybridized carbons (Fsp3) is 0.556. The third kappa shape index (κ3) is 12.5. The van der Waals surface area contributed by atoms with Gasteiger partial charge in [-0.2, -0.15) is 18.9 Å². The molecule has 2 unspecified atom stereocenters. The van der Waals surface area contributed by atoms with Gasteiger partial charge in [0.1, 0.15) is 34.9 Å². The van der Waals surface area contributed by atoms with Gasteiger partial charge >= 0.3 is 0 Å². The fourth-order valence-corrected chi connectivity index (χ4v) is 10.4. The highest BCUT2D eigenvalue weighted by molar-refractivity contribution is 7.99. The predicted molar refractivity (Wildman–Crippen MR) is 247 cm³/mol. The Hall–Kier alpha value is -4.57. The Morgan fingerprint density at radius 3 is 1.60 bits per heavy atom. The number of hydrogen-bond donors (Lipinski definition) is 1. The number of nitriles is 2. The van der Waals surface area contributed by atoms with E-state index in [4.69, 9.17) is 4.18 Å². The number of pyridine rings is 2. The van der Waals surface area contributed by atoms with Gasteiger partial charge in [0.25, 0.3) is 21.2 Å². The van der Waals surface area contributed by atoms with Gasteiger partial charge in [-0.05, 0) is 69.9 Å². The number of nitrogens with zero attached hydrogens (tertiary/aromatic N) is 9. The largest absolute Gasteiger partial charge is 0.317 e. The number of hydrogen-bond acceptors (Lipinski definition) is 15. The number of halogens is 2. The van der Waals surface area contributed by atoms with Crippen LogP contribution in [0.25, 0.3) is 22.5 Å². The zero-order chi connectivity index (χ0) is 47.3. The Balaban J connectivity index is 0.000000194. The van der Waals surface area contributed by atoms with E-state index in [1.165, 1.54) is 91.4 Å². The van der Waals surface area contributed by atoms with Crippen molar-refractivity contribution in [1.29, 1.82) is 10.5 Å². The summed E-state index contributed by atoms with van der Waals surface area (Å²) in [5.41, 5.74) is -0.582. The van der Waals surface area contributed by atoms with Crippen molar-refractivity contribution in [1.82, 2.24) is 39.3 Å². The van der Waals surface area contributed by atoms with Crippen LogP contribution in [0.1, 0.15) is 89.7 Å². The fourth-order valence-electron chi connectivity index (χ4n) is 7.86. The molecule has 0 bridgehead atoms. The molecule has 4 aromatic rings. The second kappa shape index (κ2) is 20.9. The Morgan fingerprint density at radius 1 is 0.769 bits per heavy atom.